The lowest BCUT2D eigenvalue weighted by Gasteiger charge is -2.08. The lowest BCUT2D eigenvalue weighted by molar-refractivity contribution is -0.124. The van der Waals surface area contributed by atoms with Crippen LogP contribution >= 0.6 is 11.6 Å². The predicted molar refractivity (Wildman–Crippen MR) is 89.5 cm³/mol. The maximum atomic E-state index is 12.0. The first-order valence-corrected chi connectivity index (χ1v) is 7.58. The zero-order valence-corrected chi connectivity index (χ0v) is 13.8. The van der Waals surface area contributed by atoms with Gasteiger partial charge < -0.3 is 10.1 Å². The Kier molecular flexibility index (Phi) is 5.77. The van der Waals surface area contributed by atoms with E-state index in [0.717, 1.165) is 16.7 Å². The van der Waals surface area contributed by atoms with E-state index in [1.807, 2.05) is 32.0 Å². The Hall–Kier alpha value is -2.33. The predicted octanol–water partition coefficient (Wildman–Crippen LogP) is 3.43. The Bertz CT molecular complexity index is 708. The number of carbonyl (C=O) groups excluding carboxylic acids is 2. The van der Waals surface area contributed by atoms with E-state index in [0.29, 0.717) is 17.1 Å². The van der Waals surface area contributed by atoms with Gasteiger partial charge >= 0.3 is 5.97 Å². The summed E-state index contributed by atoms with van der Waals surface area (Å²) in [5.74, 6) is -0.864. The fraction of sp³-hybridized carbons (Fsp3) is 0.222. The minimum atomic E-state index is -0.505. The van der Waals surface area contributed by atoms with E-state index in [1.54, 1.807) is 24.3 Å². The third-order valence-corrected chi connectivity index (χ3v) is 3.41. The molecule has 4 nitrogen and oxygen atoms in total. The summed E-state index contributed by atoms with van der Waals surface area (Å²) >= 11 is 5.87. The molecule has 0 aromatic heterocycles. The molecule has 1 amide bonds. The largest absolute Gasteiger partial charge is 0.452 e. The van der Waals surface area contributed by atoms with Gasteiger partial charge in [-0.05, 0) is 43.7 Å². The number of aryl methyl sites for hydroxylation is 2. The van der Waals surface area contributed by atoms with Crippen LogP contribution in [0.5, 0.6) is 0 Å². The first-order valence-electron chi connectivity index (χ1n) is 7.20. The summed E-state index contributed by atoms with van der Waals surface area (Å²) in [6.07, 6.45) is 0. The molecular weight excluding hydrogens is 314 g/mol. The summed E-state index contributed by atoms with van der Waals surface area (Å²) in [4.78, 5) is 23.7. The molecule has 23 heavy (non-hydrogen) atoms. The molecule has 0 fully saturated rings. The van der Waals surface area contributed by atoms with Crippen molar-refractivity contribution in [2.45, 2.75) is 20.4 Å². The van der Waals surface area contributed by atoms with E-state index in [4.69, 9.17) is 16.3 Å². The maximum Gasteiger partial charge on any atom is 0.338 e. The van der Waals surface area contributed by atoms with E-state index < -0.39 is 5.97 Å². The molecule has 0 saturated carbocycles. The van der Waals surface area contributed by atoms with Crippen molar-refractivity contribution < 1.29 is 14.3 Å². The Morgan fingerprint density at radius 1 is 1.09 bits per heavy atom. The second-order valence-electron chi connectivity index (χ2n) is 5.36. The lowest BCUT2D eigenvalue weighted by Crippen LogP contribution is -2.28. The van der Waals surface area contributed by atoms with Crippen LogP contribution in [-0.4, -0.2) is 18.5 Å². The van der Waals surface area contributed by atoms with Crippen molar-refractivity contribution in [3.05, 3.63) is 69.7 Å². The number of benzene rings is 2. The molecule has 0 aliphatic carbocycles. The third-order valence-electron chi connectivity index (χ3n) is 3.17. The number of carbonyl (C=O) groups is 2. The Balaban J connectivity index is 1.83. The molecule has 2 aromatic carbocycles. The van der Waals surface area contributed by atoms with E-state index in [-0.39, 0.29) is 12.5 Å². The smallest absolute Gasteiger partial charge is 0.338 e. The standard InChI is InChI=1S/C18H18ClNO3/c1-12-6-13(2)8-15(7-12)18(22)23-11-17(21)20-10-14-4-3-5-16(19)9-14/h3-9H,10-11H2,1-2H3,(H,20,21). The van der Waals surface area contributed by atoms with Crippen molar-refractivity contribution in [1.82, 2.24) is 5.32 Å². The van der Waals surface area contributed by atoms with Gasteiger partial charge in [-0.2, -0.15) is 0 Å². The highest BCUT2D eigenvalue weighted by atomic mass is 35.5. The second-order valence-corrected chi connectivity index (χ2v) is 5.80. The van der Waals surface area contributed by atoms with Gasteiger partial charge in [-0.15, -0.1) is 0 Å². The van der Waals surface area contributed by atoms with Crippen molar-refractivity contribution in [2.75, 3.05) is 6.61 Å². The highest BCUT2D eigenvalue weighted by Gasteiger charge is 2.11. The van der Waals surface area contributed by atoms with Gasteiger partial charge in [-0.1, -0.05) is 40.9 Å². The number of amides is 1. The van der Waals surface area contributed by atoms with Gasteiger partial charge in [0.1, 0.15) is 0 Å². The minimum absolute atomic E-state index is 0.313. The quantitative estimate of drug-likeness (QED) is 0.854. The van der Waals surface area contributed by atoms with Gasteiger partial charge in [-0.25, -0.2) is 4.79 Å². The molecule has 0 spiro atoms. The van der Waals surface area contributed by atoms with Crippen LogP contribution in [0.4, 0.5) is 0 Å². The second kappa shape index (κ2) is 7.79. The van der Waals surface area contributed by atoms with Crippen LogP contribution < -0.4 is 5.32 Å². The highest BCUT2D eigenvalue weighted by molar-refractivity contribution is 6.30. The van der Waals surface area contributed by atoms with Crippen molar-refractivity contribution in [3.8, 4) is 0 Å². The molecule has 0 aliphatic heterocycles. The van der Waals surface area contributed by atoms with Crippen molar-refractivity contribution in [3.63, 3.8) is 0 Å². The number of rotatable bonds is 5. The molecule has 0 unspecified atom stereocenters. The molecule has 0 saturated heterocycles. The first kappa shape index (κ1) is 17.0. The van der Waals surface area contributed by atoms with Crippen LogP contribution in [0, 0.1) is 13.8 Å². The molecule has 0 atom stereocenters. The van der Waals surface area contributed by atoms with Gasteiger partial charge in [0.15, 0.2) is 6.61 Å². The van der Waals surface area contributed by atoms with Gasteiger partial charge in [0.25, 0.3) is 5.91 Å². The number of ether oxygens (including phenoxy) is 1. The molecule has 2 aromatic rings. The van der Waals surface area contributed by atoms with Gasteiger partial charge in [-0.3, -0.25) is 4.79 Å². The molecule has 120 valence electrons. The highest BCUT2D eigenvalue weighted by Crippen LogP contribution is 2.11. The molecule has 0 bridgehead atoms. The third kappa shape index (κ3) is 5.42. The molecule has 0 heterocycles. The maximum absolute atomic E-state index is 12.0. The van der Waals surface area contributed by atoms with Gasteiger partial charge in [0.2, 0.25) is 0 Å². The summed E-state index contributed by atoms with van der Waals surface area (Å²) < 4.78 is 5.03. The topological polar surface area (TPSA) is 55.4 Å². The van der Waals surface area contributed by atoms with Crippen LogP contribution in [0.3, 0.4) is 0 Å². The minimum Gasteiger partial charge on any atom is -0.452 e. The summed E-state index contributed by atoms with van der Waals surface area (Å²) in [6.45, 7) is 3.83. The number of hydrogen-bond donors (Lipinski definition) is 1. The molecule has 1 N–H and O–H groups in total. The summed E-state index contributed by atoms with van der Waals surface area (Å²) in [6, 6.07) is 12.6. The molecule has 0 aliphatic rings. The molecule has 0 radical (unpaired) electrons. The van der Waals surface area contributed by atoms with Crippen molar-refractivity contribution >= 4 is 23.5 Å². The van der Waals surface area contributed by atoms with Crippen LogP contribution in [0.25, 0.3) is 0 Å². The summed E-state index contributed by atoms with van der Waals surface area (Å²) in [5.41, 5.74) is 3.28. The average molecular weight is 332 g/mol. The zero-order valence-electron chi connectivity index (χ0n) is 13.1. The van der Waals surface area contributed by atoms with E-state index in [1.165, 1.54) is 0 Å². The molecular formula is C18H18ClNO3. The van der Waals surface area contributed by atoms with E-state index >= 15 is 0 Å². The summed E-state index contributed by atoms with van der Waals surface area (Å²) in [7, 11) is 0. The fourth-order valence-electron chi connectivity index (χ4n) is 2.21. The monoisotopic (exact) mass is 331 g/mol. The van der Waals surface area contributed by atoms with Crippen LogP contribution in [0.15, 0.2) is 42.5 Å². The van der Waals surface area contributed by atoms with Crippen molar-refractivity contribution in [2.24, 2.45) is 0 Å². The first-order chi connectivity index (χ1) is 10.9. The summed E-state index contributed by atoms with van der Waals surface area (Å²) in [5, 5.41) is 3.29. The number of halogens is 1. The van der Waals surface area contributed by atoms with Gasteiger partial charge in [0, 0.05) is 11.6 Å². The number of hydrogen-bond acceptors (Lipinski definition) is 3. The lowest BCUT2D eigenvalue weighted by atomic mass is 10.1. The van der Waals surface area contributed by atoms with E-state index in [9.17, 15) is 9.59 Å². The fourth-order valence-corrected chi connectivity index (χ4v) is 2.42. The molecule has 2 rings (SSSR count). The number of esters is 1. The Labute approximate surface area is 140 Å². The normalized spacial score (nSPS) is 10.2. The number of nitrogens with one attached hydrogen (secondary N) is 1. The molecule has 5 heteroatoms. The van der Waals surface area contributed by atoms with Gasteiger partial charge in [0.05, 0.1) is 5.56 Å². The SMILES string of the molecule is Cc1cc(C)cc(C(=O)OCC(=O)NCc2cccc(Cl)c2)c1. The Morgan fingerprint density at radius 3 is 2.43 bits per heavy atom. The average Bonchev–Trinajstić information content (AvgIpc) is 2.49. The van der Waals surface area contributed by atoms with E-state index in [2.05, 4.69) is 5.32 Å². The van der Waals surface area contributed by atoms with Crippen LogP contribution in [-0.2, 0) is 16.1 Å². The van der Waals surface area contributed by atoms with Crippen LogP contribution in [0.2, 0.25) is 5.02 Å². The van der Waals surface area contributed by atoms with Crippen molar-refractivity contribution in [1.29, 1.82) is 0 Å². The Morgan fingerprint density at radius 2 is 1.78 bits per heavy atom. The zero-order chi connectivity index (χ0) is 16.8. The van der Waals surface area contributed by atoms with Crippen LogP contribution in [0.1, 0.15) is 27.0 Å².